The smallest absolute Gasteiger partial charge is 0.0851 e. The van der Waals surface area contributed by atoms with E-state index in [0.29, 0.717) is 6.61 Å². The molecule has 1 aliphatic carbocycles. The van der Waals surface area contributed by atoms with E-state index in [2.05, 4.69) is 0 Å². The highest BCUT2D eigenvalue weighted by atomic mass is 16.5. The Morgan fingerprint density at radius 2 is 2.25 bits per heavy atom. The molecule has 1 spiro atoms. The van der Waals surface area contributed by atoms with E-state index in [9.17, 15) is 5.11 Å². The lowest BCUT2D eigenvalue weighted by molar-refractivity contribution is 0.114. The third-order valence-corrected chi connectivity index (χ3v) is 2.26. The molecule has 1 aliphatic heterocycles. The van der Waals surface area contributed by atoms with Crippen LogP contribution in [0.1, 0.15) is 12.8 Å². The van der Waals surface area contributed by atoms with Crippen molar-refractivity contribution < 1.29 is 9.84 Å². The zero-order valence-corrected chi connectivity index (χ0v) is 4.76. The van der Waals surface area contributed by atoms with Crippen molar-refractivity contribution in [2.24, 2.45) is 5.41 Å². The average molecular weight is 114 g/mol. The van der Waals surface area contributed by atoms with Crippen LogP contribution in [0.3, 0.4) is 0 Å². The van der Waals surface area contributed by atoms with Gasteiger partial charge in [0.05, 0.1) is 19.3 Å². The van der Waals surface area contributed by atoms with E-state index in [-0.39, 0.29) is 11.5 Å². The number of hydrogen-bond acceptors (Lipinski definition) is 2. The molecule has 1 atom stereocenters. The predicted molar refractivity (Wildman–Crippen MR) is 28.5 cm³/mol. The highest BCUT2D eigenvalue weighted by molar-refractivity contribution is 5.01. The lowest BCUT2D eigenvalue weighted by Crippen LogP contribution is -2.18. The Hall–Kier alpha value is -0.0800. The first kappa shape index (κ1) is 4.77. The lowest BCUT2D eigenvalue weighted by atomic mass is 10.0. The molecule has 1 saturated heterocycles. The highest BCUT2D eigenvalue weighted by Gasteiger charge is 2.52. The third kappa shape index (κ3) is 0.446. The molecular weight excluding hydrogens is 104 g/mol. The van der Waals surface area contributed by atoms with Crippen molar-refractivity contribution in [3.05, 3.63) is 0 Å². The van der Waals surface area contributed by atoms with Crippen LogP contribution in [0.25, 0.3) is 0 Å². The first-order chi connectivity index (χ1) is 3.83. The van der Waals surface area contributed by atoms with Gasteiger partial charge < -0.3 is 9.84 Å². The molecule has 1 heterocycles. The van der Waals surface area contributed by atoms with Crippen LogP contribution in [0.5, 0.6) is 0 Å². The minimum absolute atomic E-state index is 0.150. The molecule has 0 bridgehead atoms. The summed E-state index contributed by atoms with van der Waals surface area (Å²) in [6.45, 7) is 1.37. The molecule has 2 aliphatic rings. The molecule has 1 N–H and O–H groups in total. The van der Waals surface area contributed by atoms with Crippen molar-refractivity contribution in [1.82, 2.24) is 0 Å². The van der Waals surface area contributed by atoms with E-state index < -0.39 is 0 Å². The van der Waals surface area contributed by atoms with Crippen LogP contribution >= 0.6 is 0 Å². The second-order valence-electron chi connectivity index (χ2n) is 2.89. The van der Waals surface area contributed by atoms with Gasteiger partial charge in [0.25, 0.3) is 0 Å². The van der Waals surface area contributed by atoms with Crippen molar-refractivity contribution in [3.8, 4) is 0 Å². The molecule has 1 saturated carbocycles. The Morgan fingerprint density at radius 3 is 2.50 bits per heavy atom. The molecule has 0 aromatic rings. The summed E-state index contributed by atoms with van der Waals surface area (Å²) in [4.78, 5) is 0. The van der Waals surface area contributed by atoms with E-state index in [1.165, 1.54) is 12.8 Å². The lowest BCUT2D eigenvalue weighted by Gasteiger charge is -2.05. The van der Waals surface area contributed by atoms with Crippen molar-refractivity contribution >= 4 is 0 Å². The van der Waals surface area contributed by atoms with Crippen molar-refractivity contribution in [2.75, 3.05) is 13.2 Å². The summed E-state index contributed by atoms with van der Waals surface area (Å²) in [5.74, 6) is 0. The number of hydrogen-bond donors (Lipinski definition) is 1. The van der Waals surface area contributed by atoms with Crippen LogP contribution in [0, 0.1) is 5.41 Å². The van der Waals surface area contributed by atoms with Crippen LogP contribution < -0.4 is 0 Å². The maximum absolute atomic E-state index is 9.19. The molecule has 0 unspecified atom stereocenters. The minimum Gasteiger partial charge on any atom is -0.390 e. The summed E-state index contributed by atoms with van der Waals surface area (Å²) >= 11 is 0. The molecule has 8 heavy (non-hydrogen) atoms. The summed E-state index contributed by atoms with van der Waals surface area (Å²) in [6.07, 6.45) is 2.20. The maximum atomic E-state index is 9.19. The molecule has 2 rings (SSSR count). The first-order valence-corrected chi connectivity index (χ1v) is 3.09. The molecular formula is C6H10O2. The quantitative estimate of drug-likeness (QED) is 0.486. The first-order valence-electron chi connectivity index (χ1n) is 3.09. The molecule has 46 valence electrons. The van der Waals surface area contributed by atoms with Crippen LogP contribution in [0.15, 0.2) is 0 Å². The molecule has 0 aromatic carbocycles. The normalized spacial score (nSPS) is 40.9. The van der Waals surface area contributed by atoms with E-state index >= 15 is 0 Å². The third-order valence-electron chi connectivity index (χ3n) is 2.26. The second kappa shape index (κ2) is 1.25. The van der Waals surface area contributed by atoms with Gasteiger partial charge in [-0.25, -0.2) is 0 Å². The molecule has 0 radical (unpaired) electrons. The van der Waals surface area contributed by atoms with Gasteiger partial charge in [-0.05, 0) is 12.8 Å². The molecule has 0 amide bonds. The Kier molecular flexibility index (Phi) is 0.746. The SMILES string of the molecule is O[C@@H]1COCC12CC2. The number of rotatable bonds is 0. The topological polar surface area (TPSA) is 29.5 Å². The van der Waals surface area contributed by atoms with E-state index in [1.54, 1.807) is 0 Å². The zero-order chi connectivity index (χ0) is 5.61. The fraction of sp³-hybridized carbons (Fsp3) is 1.00. The summed E-state index contributed by atoms with van der Waals surface area (Å²) in [5, 5.41) is 9.19. The van der Waals surface area contributed by atoms with Gasteiger partial charge in [0.15, 0.2) is 0 Å². The van der Waals surface area contributed by atoms with Gasteiger partial charge in [0.2, 0.25) is 0 Å². The fourth-order valence-electron chi connectivity index (χ4n) is 1.28. The van der Waals surface area contributed by atoms with Crippen LogP contribution in [-0.4, -0.2) is 24.4 Å². The van der Waals surface area contributed by atoms with E-state index in [0.717, 1.165) is 6.61 Å². The Balaban J connectivity index is 2.12. The van der Waals surface area contributed by atoms with Gasteiger partial charge in [-0.2, -0.15) is 0 Å². The van der Waals surface area contributed by atoms with E-state index in [1.807, 2.05) is 0 Å². The Labute approximate surface area is 48.5 Å². The maximum Gasteiger partial charge on any atom is 0.0851 e. The molecule has 2 fully saturated rings. The standard InChI is InChI=1S/C6H10O2/c7-5-3-8-4-6(5)1-2-6/h5,7H,1-4H2/t5-/m1/s1. The summed E-state index contributed by atoms with van der Waals surface area (Å²) in [7, 11) is 0. The Morgan fingerprint density at radius 1 is 1.50 bits per heavy atom. The second-order valence-corrected chi connectivity index (χ2v) is 2.89. The minimum atomic E-state index is -0.150. The summed E-state index contributed by atoms with van der Waals surface area (Å²) in [6, 6.07) is 0. The van der Waals surface area contributed by atoms with Gasteiger partial charge >= 0.3 is 0 Å². The van der Waals surface area contributed by atoms with Crippen molar-refractivity contribution in [1.29, 1.82) is 0 Å². The average Bonchev–Trinajstić information content (AvgIpc) is 2.39. The molecule has 2 nitrogen and oxygen atoms in total. The summed E-state index contributed by atoms with van der Waals surface area (Å²) < 4.78 is 5.08. The number of ether oxygens (including phenoxy) is 1. The van der Waals surface area contributed by atoms with Crippen molar-refractivity contribution in [3.63, 3.8) is 0 Å². The summed E-state index contributed by atoms with van der Waals surface area (Å²) in [5.41, 5.74) is 0.236. The number of aliphatic hydroxyl groups excluding tert-OH is 1. The zero-order valence-electron chi connectivity index (χ0n) is 4.76. The van der Waals surface area contributed by atoms with Crippen molar-refractivity contribution in [2.45, 2.75) is 18.9 Å². The molecule has 2 heteroatoms. The van der Waals surface area contributed by atoms with Crippen LogP contribution in [0.4, 0.5) is 0 Å². The largest absolute Gasteiger partial charge is 0.390 e. The predicted octanol–water partition coefficient (Wildman–Crippen LogP) is 0.158. The van der Waals surface area contributed by atoms with Crippen LogP contribution in [-0.2, 0) is 4.74 Å². The van der Waals surface area contributed by atoms with E-state index in [4.69, 9.17) is 4.74 Å². The van der Waals surface area contributed by atoms with Gasteiger partial charge in [-0.3, -0.25) is 0 Å². The van der Waals surface area contributed by atoms with Crippen LogP contribution in [0.2, 0.25) is 0 Å². The van der Waals surface area contributed by atoms with Gasteiger partial charge in [0, 0.05) is 5.41 Å². The molecule has 0 aromatic heterocycles. The monoisotopic (exact) mass is 114 g/mol. The van der Waals surface area contributed by atoms with Gasteiger partial charge in [-0.1, -0.05) is 0 Å². The Bertz CT molecular complexity index is 107. The van der Waals surface area contributed by atoms with Gasteiger partial charge in [0.1, 0.15) is 0 Å². The highest BCUT2D eigenvalue weighted by Crippen LogP contribution is 2.51. The number of aliphatic hydroxyl groups is 1. The van der Waals surface area contributed by atoms with Gasteiger partial charge in [-0.15, -0.1) is 0 Å². The fourth-order valence-corrected chi connectivity index (χ4v) is 1.28.